The molecule has 0 aliphatic heterocycles. The number of thiophene rings is 1. The lowest BCUT2D eigenvalue weighted by Gasteiger charge is -2.10. The second kappa shape index (κ2) is 9.06. The Morgan fingerprint density at radius 2 is 1.09 bits per heavy atom. The van der Waals surface area contributed by atoms with Crippen LogP contribution in [-0.2, 0) is 0 Å². The minimum absolute atomic E-state index is 0.0376. The standard InChI is InChI=1S/C43H24N2OS/c46-43-32-13-2-1-10-27(32)30-15-7-16-31-34-24-25(22-23-37(34)45(43)41(30)31)26-14-9-21-39-40(26)33-17-8-20-38(42(33)47-39)44-35-18-5-3-11-28(35)29-12-4-6-19-36(29)44/h1-24H. The van der Waals surface area contributed by atoms with E-state index in [0.29, 0.717) is 0 Å². The quantitative estimate of drug-likeness (QED) is 0.178. The normalized spacial score (nSPS) is 12.3. The van der Waals surface area contributed by atoms with E-state index < -0.39 is 0 Å². The van der Waals surface area contributed by atoms with Gasteiger partial charge in [0.25, 0.3) is 5.56 Å². The monoisotopic (exact) mass is 616 g/mol. The van der Waals surface area contributed by atoms with E-state index >= 15 is 0 Å². The number of rotatable bonds is 2. The van der Waals surface area contributed by atoms with Crippen LogP contribution < -0.4 is 5.56 Å². The lowest BCUT2D eigenvalue weighted by Crippen LogP contribution is -2.12. The molecule has 0 bridgehead atoms. The summed E-state index contributed by atoms with van der Waals surface area (Å²) in [5.41, 5.74) is 7.98. The lowest BCUT2D eigenvalue weighted by molar-refractivity contribution is 1.20. The highest BCUT2D eigenvalue weighted by molar-refractivity contribution is 7.26. The van der Waals surface area contributed by atoms with Crippen molar-refractivity contribution in [1.82, 2.24) is 8.97 Å². The van der Waals surface area contributed by atoms with Crippen LogP contribution in [0.1, 0.15) is 0 Å². The first kappa shape index (κ1) is 25.2. The fourth-order valence-electron chi connectivity index (χ4n) is 8.12. The fourth-order valence-corrected chi connectivity index (χ4v) is 9.35. The van der Waals surface area contributed by atoms with Gasteiger partial charge in [0.1, 0.15) is 0 Å². The maximum Gasteiger partial charge on any atom is 0.263 e. The number of fused-ring (bicyclic) bond motifs is 11. The van der Waals surface area contributed by atoms with Gasteiger partial charge in [-0.05, 0) is 59.0 Å². The topological polar surface area (TPSA) is 26.4 Å². The van der Waals surface area contributed by atoms with Crippen LogP contribution in [0.2, 0.25) is 0 Å². The second-order valence-corrected chi connectivity index (χ2v) is 13.5. The summed E-state index contributed by atoms with van der Waals surface area (Å²) >= 11 is 1.86. The summed E-state index contributed by atoms with van der Waals surface area (Å²) in [5.74, 6) is 0. The molecule has 47 heavy (non-hydrogen) atoms. The largest absolute Gasteiger partial charge is 0.308 e. The van der Waals surface area contributed by atoms with Crippen LogP contribution in [-0.4, -0.2) is 8.97 Å². The number of pyridine rings is 1. The van der Waals surface area contributed by atoms with E-state index in [1.807, 2.05) is 33.9 Å². The van der Waals surface area contributed by atoms with E-state index in [-0.39, 0.29) is 5.56 Å². The Morgan fingerprint density at radius 1 is 0.468 bits per heavy atom. The van der Waals surface area contributed by atoms with Gasteiger partial charge >= 0.3 is 0 Å². The number of aromatic nitrogens is 2. The van der Waals surface area contributed by atoms with Gasteiger partial charge in [-0.3, -0.25) is 9.20 Å². The molecule has 0 saturated carbocycles. The molecule has 4 aromatic heterocycles. The number of hydrogen-bond donors (Lipinski definition) is 0. The predicted molar refractivity (Wildman–Crippen MR) is 200 cm³/mol. The molecule has 4 heteroatoms. The number of nitrogens with zero attached hydrogens (tertiary/aromatic N) is 2. The van der Waals surface area contributed by atoms with E-state index in [0.717, 1.165) is 43.5 Å². The van der Waals surface area contributed by atoms with Crippen molar-refractivity contribution in [2.45, 2.75) is 0 Å². The maximum atomic E-state index is 13.9. The Hall–Kier alpha value is -5.97. The van der Waals surface area contributed by atoms with E-state index in [1.165, 1.54) is 53.2 Å². The van der Waals surface area contributed by atoms with Gasteiger partial charge in [-0.25, -0.2) is 0 Å². The minimum Gasteiger partial charge on any atom is -0.308 e. The van der Waals surface area contributed by atoms with Crippen molar-refractivity contribution in [3.63, 3.8) is 0 Å². The van der Waals surface area contributed by atoms with Crippen molar-refractivity contribution in [3.8, 4) is 16.8 Å². The zero-order chi connectivity index (χ0) is 30.8. The summed E-state index contributed by atoms with van der Waals surface area (Å²) in [7, 11) is 0. The lowest BCUT2D eigenvalue weighted by atomic mass is 9.97. The van der Waals surface area contributed by atoms with E-state index in [2.05, 4.69) is 132 Å². The molecule has 218 valence electrons. The molecule has 0 unspecified atom stereocenters. The summed E-state index contributed by atoms with van der Waals surface area (Å²) in [6.45, 7) is 0. The highest BCUT2D eigenvalue weighted by atomic mass is 32.1. The SMILES string of the molecule is O=c1c2ccccc2c2cccc3c4cc(-c5cccc6sc7c(-n8c9ccccc9c9ccccc98)cccc7c56)ccc4n1c23. The molecular formula is C43H24N2OS. The van der Waals surface area contributed by atoms with Crippen molar-refractivity contribution >= 4 is 91.3 Å². The van der Waals surface area contributed by atoms with Crippen molar-refractivity contribution in [2.24, 2.45) is 0 Å². The molecule has 0 amide bonds. The van der Waals surface area contributed by atoms with Gasteiger partial charge in [-0.2, -0.15) is 0 Å². The maximum absolute atomic E-state index is 13.9. The Balaban J connectivity index is 1.20. The number of benzene rings is 7. The number of para-hydroxylation sites is 3. The Labute approximate surface area is 272 Å². The van der Waals surface area contributed by atoms with Gasteiger partial charge in [0.05, 0.1) is 32.5 Å². The molecule has 0 fully saturated rings. The average Bonchev–Trinajstić information content (AvgIpc) is 3.79. The average molecular weight is 617 g/mol. The van der Waals surface area contributed by atoms with Gasteiger partial charge < -0.3 is 4.57 Å². The highest BCUT2D eigenvalue weighted by Gasteiger charge is 2.20. The van der Waals surface area contributed by atoms with Crippen molar-refractivity contribution < 1.29 is 0 Å². The first-order valence-electron chi connectivity index (χ1n) is 15.9. The molecule has 0 atom stereocenters. The van der Waals surface area contributed by atoms with Crippen molar-refractivity contribution in [1.29, 1.82) is 0 Å². The third kappa shape index (κ3) is 3.22. The number of hydrogen-bond acceptors (Lipinski definition) is 2. The summed E-state index contributed by atoms with van der Waals surface area (Å²) in [4.78, 5) is 13.9. The fraction of sp³-hybridized carbons (Fsp3) is 0. The molecule has 11 rings (SSSR count). The third-order valence-electron chi connectivity index (χ3n) is 10.1. The Kier molecular flexibility index (Phi) is 4.87. The first-order chi connectivity index (χ1) is 23.3. The molecule has 11 aromatic rings. The molecule has 7 aromatic carbocycles. The Bertz CT molecular complexity index is 3110. The zero-order valence-electron chi connectivity index (χ0n) is 25.1. The van der Waals surface area contributed by atoms with Crippen LogP contribution in [0.5, 0.6) is 0 Å². The molecule has 0 aliphatic rings. The van der Waals surface area contributed by atoms with Crippen LogP contribution in [0, 0.1) is 0 Å². The molecule has 0 spiro atoms. The summed E-state index contributed by atoms with van der Waals surface area (Å²) < 4.78 is 6.89. The van der Waals surface area contributed by atoms with Crippen LogP contribution in [0.25, 0.3) is 96.8 Å². The summed E-state index contributed by atoms with van der Waals surface area (Å²) in [6.07, 6.45) is 0. The van der Waals surface area contributed by atoms with Crippen LogP contribution in [0.4, 0.5) is 0 Å². The third-order valence-corrected chi connectivity index (χ3v) is 11.3. The van der Waals surface area contributed by atoms with Crippen LogP contribution >= 0.6 is 11.3 Å². The highest BCUT2D eigenvalue weighted by Crippen LogP contribution is 2.45. The van der Waals surface area contributed by atoms with E-state index in [1.54, 1.807) is 0 Å². The molecule has 0 N–H and O–H groups in total. The summed E-state index contributed by atoms with van der Waals surface area (Å²) in [5, 5.41) is 10.1. The van der Waals surface area contributed by atoms with Gasteiger partial charge in [0, 0.05) is 47.8 Å². The molecule has 3 nitrogen and oxygen atoms in total. The molecule has 0 saturated heterocycles. The summed E-state index contributed by atoms with van der Waals surface area (Å²) in [6, 6.07) is 51.8. The van der Waals surface area contributed by atoms with E-state index in [4.69, 9.17) is 0 Å². The van der Waals surface area contributed by atoms with Crippen LogP contribution in [0.3, 0.4) is 0 Å². The van der Waals surface area contributed by atoms with Crippen molar-refractivity contribution in [2.75, 3.05) is 0 Å². The van der Waals surface area contributed by atoms with Crippen LogP contribution in [0.15, 0.2) is 150 Å². The zero-order valence-corrected chi connectivity index (χ0v) is 25.9. The molecular weight excluding hydrogens is 593 g/mol. The molecule has 0 aliphatic carbocycles. The van der Waals surface area contributed by atoms with E-state index in [9.17, 15) is 4.79 Å². The van der Waals surface area contributed by atoms with Gasteiger partial charge in [0.2, 0.25) is 0 Å². The minimum atomic E-state index is 0.0376. The van der Waals surface area contributed by atoms with Crippen molar-refractivity contribution in [3.05, 3.63) is 156 Å². The van der Waals surface area contributed by atoms with Gasteiger partial charge in [-0.15, -0.1) is 11.3 Å². The second-order valence-electron chi connectivity index (χ2n) is 12.4. The Morgan fingerprint density at radius 3 is 1.87 bits per heavy atom. The first-order valence-corrected chi connectivity index (χ1v) is 16.7. The van der Waals surface area contributed by atoms with Gasteiger partial charge in [-0.1, -0.05) is 103 Å². The molecule has 4 heterocycles. The van der Waals surface area contributed by atoms with Gasteiger partial charge in [0.15, 0.2) is 0 Å². The smallest absolute Gasteiger partial charge is 0.263 e. The predicted octanol–water partition coefficient (Wildman–Crippen LogP) is 11.3. The molecule has 0 radical (unpaired) electrons.